The highest BCUT2D eigenvalue weighted by atomic mass is 127. The fraction of sp³-hybridized carbons (Fsp3) is 0.278. The summed E-state index contributed by atoms with van der Waals surface area (Å²) < 4.78 is 31.2. The third-order valence-corrected chi connectivity index (χ3v) is 5.15. The van der Waals surface area contributed by atoms with Gasteiger partial charge in [0, 0.05) is 46.1 Å². The number of hydrogen-bond acceptors (Lipinski definition) is 4. The van der Waals surface area contributed by atoms with Gasteiger partial charge in [0.15, 0.2) is 11.5 Å². The molecule has 3 aromatic rings. The fourth-order valence-corrected chi connectivity index (χ4v) is 3.45. The molecule has 0 radical (unpaired) electrons. The third-order valence-electron chi connectivity index (χ3n) is 4.66. The second-order valence-electron chi connectivity index (χ2n) is 6.26. The average molecular weight is 466 g/mol. The number of aromatic nitrogens is 3. The maximum atomic E-state index is 13.7. The molecule has 5 nitrogen and oxygen atoms in total. The molecule has 2 heterocycles. The summed E-state index contributed by atoms with van der Waals surface area (Å²) >= 11 is 1.05. The Bertz CT molecular complexity index is 1050. The molecule has 0 unspecified atom stereocenters. The molecule has 1 saturated carbocycles. The van der Waals surface area contributed by atoms with Crippen LogP contribution >= 0.6 is 22.6 Å². The smallest absolute Gasteiger partial charge is 0.353 e. The fourth-order valence-electron chi connectivity index (χ4n) is 3.05. The number of hydrogen-bond donors (Lipinski definition) is 0. The zero-order valence-electron chi connectivity index (χ0n) is 13.7. The molecule has 1 fully saturated rings. The lowest BCUT2D eigenvalue weighted by Gasteiger charge is -2.14. The first-order chi connectivity index (χ1) is 12.4. The maximum absolute atomic E-state index is 13.7. The molecular weight excluding hydrogens is 453 g/mol. The molecular formula is C18H13F2IN4O. The largest absolute Gasteiger partial charge is 0.496 e. The number of methoxy groups -OCH3 is 1. The van der Waals surface area contributed by atoms with Gasteiger partial charge in [-0.05, 0) is 24.5 Å². The van der Waals surface area contributed by atoms with E-state index in [4.69, 9.17) is 4.74 Å². The molecule has 0 N–H and O–H groups in total. The summed E-state index contributed by atoms with van der Waals surface area (Å²) in [5, 5.41) is 9.38. The lowest BCUT2D eigenvalue weighted by molar-refractivity contribution is 0.116. The molecule has 1 aliphatic rings. The van der Waals surface area contributed by atoms with Crippen LogP contribution in [0.25, 0.3) is 16.8 Å². The van der Waals surface area contributed by atoms with Crippen LogP contribution in [0.4, 0.5) is 8.78 Å². The Balaban J connectivity index is 1.84. The Morgan fingerprint density at radius 2 is 2.08 bits per heavy atom. The molecule has 0 aliphatic heterocycles. The van der Waals surface area contributed by atoms with Crippen LogP contribution in [0, 0.1) is 11.3 Å². The Kier molecular flexibility index (Phi) is 3.87. The van der Waals surface area contributed by atoms with Crippen molar-refractivity contribution in [1.29, 1.82) is 5.26 Å². The van der Waals surface area contributed by atoms with Crippen LogP contribution in [0.2, 0.25) is 0 Å². The van der Waals surface area contributed by atoms with E-state index >= 15 is 0 Å². The Morgan fingerprint density at radius 3 is 2.69 bits per heavy atom. The molecule has 0 spiro atoms. The second kappa shape index (κ2) is 5.87. The van der Waals surface area contributed by atoms with Gasteiger partial charge in [-0.1, -0.05) is 12.1 Å². The number of rotatable bonds is 4. The van der Waals surface area contributed by atoms with Crippen molar-refractivity contribution in [3.8, 4) is 22.9 Å². The monoisotopic (exact) mass is 466 g/mol. The topological polar surface area (TPSA) is 63.2 Å². The van der Waals surface area contributed by atoms with Crippen molar-refractivity contribution in [1.82, 2.24) is 14.4 Å². The number of halogens is 3. The predicted octanol–water partition coefficient (Wildman–Crippen LogP) is 4.44. The van der Waals surface area contributed by atoms with Crippen molar-refractivity contribution in [3.63, 3.8) is 0 Å². The van der Waals surface area contributed by atoms with Gasteiger partial charge >= 0.3 is 3.93 Å². The molecule has 8 heteroatoms. The van der Waals surface area contributed by atoms with E-state index in [0.717, 1.165) is 46.6 Å². The molecule has 4 rings (SSSR count). The van der Waals surface area contributed by atoms with Crippen LogP contribution in [0.1, 0.15) is 24.2 Å². The first-order valence-electron chi connectivity index (χ1n) is 7.88. The molecule has 132 valence electrons. The first-order valence-corrected chi connectivity index (χ1v) is 8.96. The van der Waals surface area contributed by atoms with Crippen LogP contribution in [-0.2, 0) is 9.34 Å². The van der Waals surface area contributed by atoms with E-state index in [-0.39, 0.29) is 5.82 Å². The highest BCUT2D eigenvalue weighted by Gasteiger charge is 2.45. The number of nitrogens with zero attached hydrogens (tertiary/aromatic N) is 4. The van der Waals surface area contributed by atoms with Gasteiger partial charge in [0.05, 0.1) is 24.8 Å². The summed E-state index contributed by atoms with van der Waals surface area (Å²) in [7, 11) is 1.54. The van der Waals surface area contributed by atoms with E-state index in [9.17, 15) is 14.0 Å². The summed E-state index contributed by atoms with van der Waals surface area (Å²) in [6, 6.07) is 7.93. The van der Waals surface area contributed by atoms with E-state index in [1.807, 2.05) is 18.2 Å². The zero-order chi connectivity index (χ0) is 18.5. The third kappa shape index (κ3) is 2.70. The van der Waals surface area contributed by atoms with Gasteiger partial charge in [0.25, 0.3) is 0 Å². The quantitative estimate of drug-likeness (QED) is 0.421. The molecule has 0 atom stereocenters. The zero-order valence-corrected chi connectivity index (χ0v) is 15.9. The van der Waals surface area contributed by atoms with E-state index in [2.05, 4.69) is 16.0 Å². The molecule has 2 aromatic heterocycles. The maximum Gasteiger partial charge on any atom is 0.353 e. The summed E-state index contributed by atoms with van der Waals surface area (Å²) in [5.41, 5.74) is 2.18. The summed E-state index contributed by atoms with van der Waals surface area (Å²) in [6.07, 6.45) is 6.16. The average Bonchev–Trinajstić information content (AvgIpc) is 3.31. The van der Waals surface area contributed by atoms with Crippen LogP contribution < -0.4 is 4.74 Å². The van der Waals surface area contributed by atoms with Crippen molar-refractivity contribution in [2.75, 3.05) is 7.11 Å². The van der Waals surface area contributed by atoms with Crippen molar-refractivity contribution >= 4 is 28.2 Å². The number of nitriles is 1. The van der Waals surface area contributed by atoms with Crippen molar-refractivity contribution < 1.29 is 13.5 Å². The molecule has 1 aliphatic carbocycles. The van der Waals surface area contributed by atoms with E-state index in [1.165, 1.54) is 10.6 Å². The summed E-state index contributed by atoms with van der Waals surface area (Å²) in [5.74, 6) is 0.201. The van der Waals surface area contributed by atoms with E-state index in [1.54, 1.807) is 19.5 Å². The normalized spacial score (nSPS) is 15.7. The van der Waals surface area contributed by atoms with Gasteiger partial charge < -0.3 is 4.74 Å². The molecule has 0 saturated heterocycles. The summed E-state index contributed by atoms with van der Waals surface area (Å²) in [4.78, 5) is 8.01. The Morgan fingerprint density at radius 1 is 1.31 bits per heavy atom. The molecule has 0 amide bonds. The van der Waals surface area contributed by atoms with Gasteiger partial charge in [-0.25, -0.2) is 9.97 Å². The Labute approximate surface area is 161 Å². The van der Waals surface area contributed by atoms with Crippen LogP contribution in [0.15, 0.2) is 36.8 Å². The summed E-state index contributed by atoms with van der Waals surface area (Å²) in [6.45, 7) is 0. The minimum absolute atomic E-state index is 0.345. The second-order valence-corrected chi connectivity index (χ2v) is 7.61. The standard InChI is InChI=1S/C18H13F2IN4O/c1-26-14-6-12(17(10-22)4-5-17)2-3-13(14)11-7-23-15-8-24-16(18(19,20)21)25(15)9-11/h2-3,6-9H,4-5H2,1H3. The Hall–Kier alpha value is -2.28. The van der Waals surface area contributed by atoms with Gasteiger partial charge in [-0.2, -0.15) is 14.0 Å². The van der Waals surface area contributed by atoms with Crippen LogP contribution in [0.5, 0.6) is 5.75 Å². The van der Waals surface area contributed by atoms with Crippen LogP contribution in [0.3, 0.4) is 0 Å². The lowest BCUT2D eigenvalue weighted by atomic mass is 9.95. The molecule has 1 aromatic carbocycles. The number of fused-ring (bicyclic) bond motifs is 1. The lowest BCUT2D eigenvalue weighted by Crippen LogP contribution is -2.09. The van der Waals surface area contributed by atoms with Gasteiger partial charge in [-0.15, -0.1) is 0 Å². The van der Waals surface area contributed by atoms with Gasteiger partial charge in [0.1, 0.15) is 5.75 Å². The minimum Gasteiger partial charge on any atom is -0.496 e. The van der Waals surface area contributed by atoms with Crippen molar-refractivity contribution in [2.45, 2.75) is 22.2 Å². The highest BCUT2D eigenvalue weighted by Crippen LogP contribution is 2.49. The predicted molar refractivity (Wildman–Crippen MR) is 99.4 cm³/mol. The molecule has 26 heavy (non-hydrogen) atoms. The minimum atomic E-state index is -3.11. The SMILES string of the molecule is COc1cc(C2(C#N)CC2)ccc1-c1cnc2cnc(C(F)(F)I)n2c1. The van der Waals surface area contributed by atoms with E-state index < -0.39 is 9.34 Å². The van der Waals surface area contributed by atoms with Crippen LogP contribution in [-0.4, -0.2) is 21.5 Å². The van der Waals surface area contributed by atoms with Crippen molar-refractivity contribution in [3.05, 3.63) is 48.2 Å². The highest BCUT2D eigenvalue weighted by molar-refractivity contribution is 14.1. The number of imidazole rings is 1. The van der Waals surface area contributed by atoms with Gasteiger partial charge in [0.2, 0.25) is 0 Å². The number of ether oxygens (including phenoxy) is 1. The number of benzene rings is 1. The van der Waals surface area contributed by atoms with Gasteiger partial charge in [-0.3, -0.25) is 4.40 Å². The first kappa shape index (κ1) is 17.1. The van der Waals surface area contributed by atoms with E-state index in [0.29, 0.717) is 17.0 Å². The number of alkyl halides is 3. The van der Waals surface area contributed by atoms with Crippen molar-refractivity contribution in [2.24, 2.45) is 0 Å². The molecule has 0 bridgehead atoms.